The molecule has 8 aliphatic carbocycles. The van der Waals surface area contributed by atoms with Crippen LogP contribution in [0.15, 0.2) is 18.2 Å². The van der Waals surface area contributed by atoms with Crippen LogP contribution in [0.2, 0.25) is 0 Å². The van der Waals surface area contributed by atoms with Crippen LogP contribution in [0.25, 0.3) is 0 Å². The van der Waals surface area contributed by atoms with E-state index < -0.39 is 12.1 Å². The summed E-state index contributed by atoms with van der Waals surface area (Å²) in [6.45, 7) is 2.26. The molecule has 0 heterocycles. The van der Waals surface area contributed by atoms with E-state index in [4.69, 9.17) is 9.90 Å². The number of hydrogen-bond donors (Lipinski definition) is 0. The molecule has 0 atom stereocenters. The maximum Gasteiger partial charge on any atom is 0.430 e. The second-order valence-electron chi connectivity index (χ2n) is 13.5. The van der Waals surface area contributed by atoms with E-state index in [2.05, 4.69) is 13.0 Å². The lowest BCUT2D eigenvalue weighted by Crippen LogP contribution is -2.57. The molecule has 0 aliphatic heterocycles. The fraction of sp³-hybridized carbons (Fsp3) is 0.733. The number of hydrogen-bond acceptors (Lipinski definition) is 2. The van der Waals surface area contributed by atoms with Crippen LogP contribution in [0.3, 0.4) is 0 Å². The summed E-state index contributed by atoms with van der Waals surface area (Å²) in [5.74, 6) is 4.53. The highest BCUT2D eigenvalue weighted by Crippen LogP contribution is 2.73. The predicted molar refractivity (Wildman–Crippen MR) is 126 cm³/mol. The molecule has 196 valence electrons. The van der Waals surface area contributed by atoms with E-state index in [1.165, 1.54) is 88.2 Å². The average molecular weight is 505 g/mol. The quantitative estimate of drug-likeness (QED) is 0.336. The Morgan fingerprint density at radius 1 is 0.806 bits per heavy atom. The number of aryl methyl sites for hydroxylation is 1. The lowest BCUT2D eigenvalue weighted by atomic mass is 9.37. The van der Waals surface area contributed by atoms with Crippen molar-refractivity contribution in [3.63, 3.8) is 0 Å². The maximum absolute atomic E-state index is 14.6. The zero-order chi connectivity index (χ0) is 25.5. The van der Waals surface area contributed by atoms with Crippen molar-refractivity contribution in [3.05, 3.63) is 41.1 Å². The predicted octanol–water partition coefficient (Wildman–Crippen LogP) is 6.79. The average Bonchev–Trinajstić information content (AvgIpc) is 2.74. The van der Waals surface area contributed by atoms with Crippen LogP contribution >= 0.6 is 0 Å². The lowest BCUT2D eigenvalue weighted by Gasteiger charge is -2.64. The third-order valence-electron chi connectivity index (χ3n) is 10.8. The van der Waals surface area contributed by atoms with Gasteiger partial charge in [0, 0.05) is 35.8 Å². The molecule has 9 rings (SSSR count). The standard InChI is InChI=1S/C28H36F.C2HF3O2/c1-17-2-3-24(29)10-25(17)26(27-11-18-4-19(12-27)6-20(5-18)13-27)28-14-21-7-22(15-28)9-23(8-21)16-28;3-2(4,5)1(6)7/h2-3,10,18-23H,4-9,11-16H2,1H3;(H,6,7)/q+1;/p-1. The van der Waals surface area contributed by atoms with E-state index in [9.17, 15) is 17.6 Å². The second-order valence-corrected chi connectivity index (χ2v) is 13.5. The molecule has 1 aromatic rings. The smallest absolute Gasteiger partial charge is 0.430 e. The van der Waals surface area contributed by atoms with E-state index in [1.54, 1.807) is 12.0 Å². The fourth-order valence-corrected chi connectivity index (χ4v) is 10.8. The normalized spacial score (nSPS) is 41.7. The highest BCUT2D eigenvalue weighted by Gasteiger charge is 2.66. The Balaban J connectivity index is 0.000000305. The molecule has 0 amide bonds. The van der Waals surface area contributed by atoms with Crippen LogP contribution < -0.4 is 5.11 Å². The van der Waals surface area contributed by atoms with Crippen LogP contribution in [0.4, 0.5) is 17.6 Å². The molecule has 8 bridgehead atoms. The third-order valence-corrected chi connectivity index (χ3v) is 10.8. The number of rotatable bonds is 3. The van der Waals surface area contributed by atoms with Crippen LogP contribution in [-0.4, -0.2) is 12.1 Å². The molecule has 36 heavy (non-hydrogen) atoms. The molecule has 8 aliphatic rings. The van der Waals surface area contributed by atoms with Gasteiger partial charge >= 0.3 is 6.18 Å². The minimum Gasteiger partial charge on any atom is -0.542 e. The van der Waals surface area contributed by atoms with Crippen molar-refractivity contribution >= 4 is 5.97 Å². The molecule has 1 aromatic carbocycles. The van der Waals surface area contributed by atoms with Gasteiger partial charge in [-0.25, -0.2) is 0 Å². The van der Waals surface area contributed by atoms with E-state index >= 15 is 0 Å². The summed E-state index contributed by atoms with van der Waals surface area (Å²) in [5.41, 5.74) is 3.50. The number of carbonyl (C=O) groups is 1. The largest absolute Gasteiger partial charge is 0.542 e. The second kappa shape index (κ2) is 8.39. The zero-order valence-electron chi connectivity index (χ0n) is 21.0. The molecule has 8 fully saturated rings. The van der Waals surface area contributed by atoms with Gasteiger partial charge in [0.1, 0.15) is 11.5 Å². The van der Waals surface area contributed by atoms with Crippen LogP contribution in [0.5, 0.6) is 0 Å². The van der Waals surface area contributed by atoms with Crippen molar-refractivity contribution in [2.45, 2.75) is 90.1 Å². The van der Waals surface area contributed by atoms with Gasteiger partial charge in [0.25, 0.3) is 0 Å². The molecule has 6 heteroatoms. The van der Waals surface area contributed by atoms with Crippen molar-refractivity contribution in [2.75, 3.05) is 0 Å². The minimum absolute atomic E-state index is 0.0162. The summed E-state index contributed by atoms with van der Waals surface area (Å²) in [7, 11) is 0. The van der Waals surface area contributed by atoms with Crippen molar-refractivity contribution in [3.8, 4) is 0 Å². The third kappa shape index (κ3) is 4.15. The fourth-order valence-electron chi connectivity index (χ4n) is 10.8. The molecule has 0 unspecified atom stereocenters. The molecular weight excluding hydrogens is 468 g/mol. The Labute approximate surface area is 211 Å². The van der Waals surface area contributed by atoms with Gasteiger partial charge < -0.3 is 9.90 Å². The SMILES string of the molecule is Cc1ccc(F)cc1[C+](C12CC3CC(CC(C3)C1)C2)C12CC3CC(CC(C3)C1)C2.O=C([O-])C(F)(F)F. The number of halogens is 4. The summed E-state index contributed by atoms with van der Waals surface area (Å²) >= 11 is 0. The van der Waals surface area contributed by atoms with E-state index in [-0.39, 0.29) is 5.82 Å². The topological polar surface area (TPSA) is 40.1 Å². The number of carboxylic acids is 1. The van der Waals surface area contributed by atoms with Gasteiger partial charge in [0.05, 0.1) is 11.6 Å². The van der Waals surface area contributed by atoms with Gasteiger partial charge in [-0.1, -0.05) is 0 Å². The van der Waals surface area contributed by atoms with Gasteiger partial charge in [0.15, 0.2) is 5.82 Å². The van der Waals surface area contributed by atoms with Crippen LogP contribution in [0, 0.1) is 65.0 Å². The van der Waals surface area contributed by atoms with E-state index in [1.807, 2.05) is 6.07 Å². The molecule has 8 saturated carbocycles. The maximum atomic E-state index is 14.6. The molecule has 0 saturated heterocycles. The lowest BCUT2D eigenvalue weighted by molar-refractivity contribution is -0.344. The molecule has 2 nitrogen and oxygen atoms in total. The van der Waals surface area contributed by atoms with Gasteiger partial charge in [0.2, 0.25) is 0 Å². The summed E-state index contributed by atoms with van der Waals surface area (Å²) in [6, 6.07) is 5.73. The highest BCUT2D eigenvalue weighted by atomic mass is 19.4. The van der Waals surface area contributed by atoms with Crippen molar-refractivity contribution < 1.29 is 27.5 Å². The Morgan fingerprint density at radius 2 is 1.14 bits per heavy atom. The minimum atomic E-state index is -5.19. The van der Waals surface area contributed by atoms with Crippen LogP contribution in [0.1, 0.15) is 88.2 Å². The number of carboxylic acid groups (broad SMARTS) is 1. The zero-order valence-corrected chi connectivity index (χ0v) is 21.0. The number of benzene rings is 1. The first-order valence-corrected chi connectivity index (χ1v) is 13.9. The first-order valence-electron chi connectivity index (χ1n) is 13.9. The molecule has 0 aromatic heterocycles. The Bertz CT molecular complexity index is 914. The Morgan fingerprint density at radius 3 is 1.44 bits per heavy atom. The summed E-state index contributed by atoms with van der Waals surface area (Å²) in [4.78, 5) is 8.78. The molecule has 0 radical (unpaired) electrons. The first kappa shape index (κ1) is 24.6. The van der Waals surface area contributed by atoms with Crippen molar-refractivity contribution in [1.82, 2.24) is 0 Å². The molecular formula is C30H36F4O2. The highest BCUT2D eigenvalue weighted by molar-refractivity contribution is 5.70. The summed E-state index contributed by atoms with van der Waals surface area (Å²) < 4.78 is 46.2. The Kier molecular flexibility index (Phi) is 5.74. The Hall–Kier alpha value is -1.72. The van der Waals surface area contributed by atoms with Gasteiger partial charge in [-0.15, -0.1) is 0 Å². The van der Waals surface area contributed by atoms with Gasteiger partial charge in [-0.05, 0) is 113 Å². The molecule has 0 N–H and O–H groups in total. The van der Waals surface area contributed by atoms with Gasteiger partial charge in [-0.2, -0.15) is 17.6 Å². The number of aliphatic carboxylic acids is 1. The van der Waals surface area contributed by atoms with Crippen molar-refractivity contribution in [2.24, 2.45) is 46.3 Å². The van der Waals surface area contributed by atoms with E-state index in [0.717, 1.165) is 35.5 Å². The van der Waals surface area contributed by atoms with Crippen molar-refractivity contribution in [1.29, 1.82) is 0 Å². The first-order chi connectivity index (χ1) is 16.9. The van der Waals surface area contributed by atoms with E-state index in [0.29, 0.717) is 10.8 Å². The van der Waals surface area contributed by atoms with Crippen LogP contribution in [-0.2, 0) is 4.79 Å². The number of carbonyl (C=O) groups excluding carboxylic acids is 1. The number of alkyl halides is 3. The molecule has 0 spiro atoms. The van der Waals surface area contributed by atoms with Gasteiger partial charge in [-0.3, -0.25) is 0 Å². The summed E-state index contributed by atoms with van der Waals surface area (Å²) in [6.07, 6.45) is 12.3. The monoisotopic (exact) mass is 504 g/mol. The summed E-state index contributed by atoms with van der Waals surface area (Å²) in [5, 5.41) is 8.78.